The first kappa shape index (κ1) is 12.4. The van der Waals surface area contributed by atoms with Crippen LogP contribution in [0.2, 0.25) is 5.02 Å². The predicted molar refractivity (Wildman–Crippen MR) is 67.1 cm³/mol. The zero-order chi connectivity index (χ0) is 12.3. The molecule has 2 rings (SSSR count). The van der Waals surface area contributed by atoms with Crippen molar-refractivity contribution in [1.29, 1.82) is 0 Å². The van der Waals surface area contributed by atoms with Gasteiger partial charge in [0.1, 0.15) is 0 Å². The molecule has 2 N–H and O–H groups in total. The Hall–Kier alpha value is -1.06. The van der Waals surface area contributed by atoms with Crippen LogP contribution >= 0.6 is 11.6 Å². The van der Waals surface area contributed by atoms with E-state index in [2.05, 4.69) is 5.32 Å². The summed E-state index contributed by atoms with van der Waals surface area (Å²) in [6.07, 6.45) is 2.88. The summed E-state index contributed by atoms with van der Waals surface area (Å²) < 4.78 is 0. The Labute approximate surface area is 106 Å². The zero-order valence-electron chi connectivity index (χ0n) is 9.53. The Morgan fingerprint density at radius 3 is 2.76 bits per heavy atom. The first-order valence-electron chi connectivity index (χ1n) is 5.88. The molecule has 0 saturated heterocycles. The Balaban J connectivity index is 2.02. The lowest BCUT2D eigenvalue weighted by molar-refractivity contribution is 0.0924. The summed E-state index contributed by atoms with van der Waals surface area (Å²) in [6, 6.07) is 7.07. The first-order chi connectivity index (χ1) is 8.22. The number of nitrogens with one attached hydrogen (secondary N) is 1. The normalized spacial score (nSPS) is 16.6. The molecule has 92 valence electrons. The molecule has 1 fully saturated rings. The van der Waals surface area contributed by atoms with Crippen molar-refractivity contribution in [1.82, 2.24) is 5.32 Å². The lowest BCUT2D eigenvalue weighted by Gasteiger charge is -2.17. The molecule has 1 aliphatic carbocycles. The fraction of sp³-hybridized carbons (Fsp3) is 0.462. The van der Waals surface area contributed by atoms with Gasteiger partial charge in [0.15, 0.2) is 0 Å². The average Bonchev–Trinajstić information content (AvgIpc) is 3.12. The van der Waals surface area contributed by atoms with Crippen molar-refractivity contribution in [2.75, 3.05) is 6.61 Å². The number of amides is 1. The van der Waals surface area contributed by atoms with Crippen LogP contribution in [0.1, 0.15) is 29.6 Å². The van der Waals surface area contributed by atoms with Crippen LogP contribution < -0.4 is 5.32 Å². The van der Waals surface area contributed by atoms with Crippen LogP contribution in [0.15, 0.2) is 24.3 Å². The summed E-state index contributed by atoms with van der Waals surface area (Å²) in [5.41, 5.74) is 0.498. The second-order valence-corrected chi connectivity index (χ2v) is 4.82. The molecule has 0 spiro atoms. The minimum atomic E-state index is -0.152. The molecule has 0 heterocycles. The highest BCUT2D eigenvalue weighted by Crippen LogP contribution is 2.34. The number of carbonyl (C=O) groups excluding carboxylic acids is 1. The molecule has 0 radical (unpaired) electrons. The molecule has 0 aliphatic heterocycles. The van der Waals surface area contributed by atoms with Gasteiger partial charge in [-0.3, -0.25) is 4.79 Å². The summed E-state index contributed by atoms with van der Waals surface area (Å²) >= 11 is 5.96. The van der Waals surface area contributed by atoms with Crippen molar-refractivity contribution in [3.63, 3.8) is 0 Å². The first-order valence-corrected chi connectivity index (χ1v) is 6.26. The predicted octanol–water partition coefficient (Wildman–Crippen LogP) is 2.23. The van der Waals surface area contributed by atoms with Gasteiger partial charge < -0.3 is 10.4 Å². The van der Waals surface area contributed by atoms with Crippen LogP contribution in [0.3, 0.4) is 0 Å². The van der Waals surface area contributed by atoms with Crippen LogP contribution in [-0.2, 0) is 0 Å². The van der Waals surface area contributed by atoms with Gasteiger partial charge in [0.2, 0.25) is 0 Å². The molecule has 4 heteroatoms. The monoisotopic (exact) mass is 253 g/mol. The highest BCUT2D eigenvalue weighted by atomic mass is 35.5. The maximum Gasteiger partial charge on any atom is 0.253 e. The van der Waals surface area contributed by atoms with E-state index >= 15 is 0 Å². The quantitative estimate of drug-likeness (QED) is 0.846. The van der Waals surface area contributed by atoms with Gasteiger partial charge in [-0.05, 0) is 37.3 Å². The molecule has 1 saturated carbocycles. The largest absolute Gasteiger partial charge is 0.396 e. The SMILES string of the molecule is O=C(NC(CCO)C1CC1)c1ccccc1Cl. The van der Waals surface area contributed by atoms with Gasteiger partial charge in [0.05, 0.1) is 10.6 Å². The number of carbonyl (C=O) groups is 1. The molecule has 1 aliphatic rings. The third kappa shape index (κ3) is 3.20. The van der Waals surface area contributed by atoms with Crippen molar-refractivity contribution < 1.29 is 9.90 Å². The van der Waals surface area contributed by atoms with Crippen LogP contribution in [0, 0.1) is 5.92 Å². The molecule has 1 aromatic carbocycles. The zero-order valence-corrected chi connectivity index (χ0v) is 10.3. The lowest BCUT2D eigenvalue weighted by Crippen LogP contribution is -2.37. The minimum absolute atomic E-state index is 0.0729. The molecule has 17 heavy (non-hydrogen) atoms. The van der Waals surface area contributed by atoms with E-state index in [9.17, 15) is 4.79 Å². The van der Waals surface area contributed by atoms with Gasteiger partial charge in [0, 0.05) is 12.6 Å². The summed E-state index contributed by atoms with van der Waals surface area (Å²) in [6.45, 7) is 0.101. The lowest BCUT2D eigenvalue weighted by atomic mass is 10.1. The molecular formula is C13H16ClNO2. The van der Waals surface area contributed by atoms with Crippen LogP contribution in [0.5, 0.6) is 0 Å². The van der Waals surface area contributed by atoms with Crippen molar-refractivity contribution in [2.24, 2.45) is 5.92 Å². The smallest absolute Gasteiger partial charge is 0.253 e. The molecule has 1 aromatic rings. The van der Waals surface area contributed by atoms with E-state index in [1.54, 1.807) is 24.3 Å². The molecule has 0 bridgehead atoms. The van der Waals surface area contributed by atoms with Crippen LogP contribution in [-0.4, -0.2) is 23.7 Å². The highest BCUT2D eigenvalue weighted by molar-refractivity contribution is 6.33. The van der Waals surface area contributed by atoms with Gasteiger partial charge in [-0.25, -0.2) is 0 Å². The highest BCUT2D eigenvalue weighted by Gasteiger charge is 2.32. The topological polar surface area (TPSA) is 49.3 Å². The number of aliphatic hydroxyl groups excluding tert-OH is 1. The van der Waals surface area contributed by atoms with Crippen molar-refractivity contribution >= 4 is 17.5 Å². The molecule has 0 aromatic heterocycles. The van der Waals surface area contributed by atoms with E-state index in [0.29, 0.717) is 22.9 Å². The van der Waals surface area contributed by atoms with Gasteiger partial charge in [-0.2, -0.15) is 0 Å². The Morgan fingerprint density at radius 2 is 2.18 bits per heavy atom. The minimum Gasteiger partial charge on any atom is -0.396 e. The molecule has 1 amide bonds. The summed E-state index contributed by atoms with van der Waals surface area (Å²) in [5, 5.41) is 12.4. The van der Waals surface area contributed by atoms with Gasteiger partial charge in [0.25, 0.3) is 5.91 Å². The van der Waals surface area contributed by atoms with Gasteiger partial charge in [-0.1, -0.05) is 23.7 Å². The fourth-order valence-electron chi connectivity index (χ4n) is 1.95. The maximum atomic E-state index is 12.0. The summed E-state index contributed by atoms with van der Waals surface area (Å²) in [7, 11) is 0. The van der Waals surface area contributed by atoms with Gasteiger partial charge >= 0.3 is 0 Å². The maximum absolute atomic E-state index is 12.0. The van der Waals surface area contributed by atoms with E-state index in [0.717, 1.165) is 12.8 Å². The standard InChI is InChI=1S/C13H16ClNO2/c14-11-4-2-1-3-10(11)13(17)15-12(7-8-16)9-5-6-9/h1-4,9,12,16H,5-8H2,(H,15,17). The molecular weight excluding hydrogens is 238 g/mol. The molecule has 1 atom stereocenters. The molecule has 3 nitrogen and oxygen atoms in total. The number of halogens is 1. The second-order valence-electron chi connectivity index (χ2n) is 4.41. The molecule has 1 unspecified atom stereocenters. The fourth-order valence-corrected chi connectivity index (χ4v) is 2.18. The van der Waals surface area contributed by atoms with Crippen molar-refractivity contribution in [3.8, 4) is 0 Å². The third-order valence-corrected chi connectivity index (χ3v) is 3.40. The Morgan fingerprint density at radius 1 is 1.47 bits per heavy atom. The number of aliphatic hydroxyl groups is 1. The third-order valence-electron chi connectivity index (χ3n) is 3.07. The Kier molecular flexibility index (Phi) is 4.02. The Bertz CT molecular complexity index is 404. The van der Waals surface area contributed by atoms with Crippen LogP contribution in [0.25, 0.3) is 0 Å². The number of benzene rings is 1. The number of hydrogen-bond acceptors (Lipinski definition) is 2. The van der Waals surface area contributed by atoms with E-state index in [4.69, 9.17) is 16.7 Å². The van der Waals surface area contributed by atoms with E-state index in [-0.39, 0.29) is 18.6 Å². The average molecular weight is 254 g/mol. The number of rotatable bonds is 5. The van der Waals surface area contributed by atoms with E-state index in [1.807, 2.05) is 0 Å². The van der Waals surface area contributed by atoms with Crippen LogP contribution in [0.4, 0.5) is 0 Å². The summed E-state index contributed by atoms with van der Waals surface area (Å²) in [5.74, 6) is 0.370. The van der Waals surface area contributed by atoms with Crippen molar-refractivity contribution in [3.05, 3.63) is 34.9 Å². The van der Waals surface area contributed by atoms with E-state index in [1.165, 1.54) is 0 Å². The second kappa shape index (κ2) is 5.52. The van der Waals surface area contributed by atoms with E-state index < -0.39 is 0 Å². The van der Waals surface area contributed by atoms with Crippen molar-refractivity contribution in [2.45, 2.75) is 25.3 Å². The summed E-state index contributed by atoms with van der Waals surface area (Å²) in [4.78, 5) is 12.0. The van der Waals surface area contributed by atoms with Gasteiger partial charge in [-0.15, -0.1) is 0 Å². The number of hydrogen-bond donors (Lipinski definition) is 2.